The Morgan fingerprint density at radius 2 is 2.05 bits per heavy atom. The molecule has 1 saturated heterocycles. The third-order valence-corrected chi connectivity index (χ3v) is 4.41. The molecule has 1 heterocycles. The fourth-order valence-corrected chi connectivity index (χ4v) is 3.04. The molecule has 2 fully saturated rings. The van der Waals surface area contributed by atoms with Crippen molar-refractivity contribution < 1.29 is 4.79 Å². The van der Waals surface area contributed by atoms with Crippen molar-refractivity contribution in [2.24, 2.45) is 5.92 Å². The average Bonchev–Trinajstić information content (AvgIpc) is 3.21. The van der Waals surface area contributed by atoms with Crippen molar-refractivity contribution in [2.45, 2.75) is 58.0 Å². The highest BCUT2D eigenvalue weighted by Crippen LogP contribution is 2.21. The number of likely N-dealkylation sites (tertiary alicyclic amines) is 1. The third kappa shape index (κ3) is 4.77. The number of nitrogens with one attached hydrogen (secondary N) is 2. The van der Waals surface area contributed by atoms with Crippen LogP contribution in [0, 0.1) is 5.92 Å². The number of nitrogens with zero attached hydrogens (tertiary/aromatic N) is 1. The first-order valence-corrected chi connectivity index (χ1v) is 7.98. The number of hydrogen-bond acceptors (Lipinski definition) is 3. The molecule has 4 nitrogen and oxygen atoms in total. The molecule has 0 bridgehead atoms. The summed E-state index contributed by atoms with van der Waals surface area (Å²) in [7, 11) is 0. The molecule has 1 amide bonds. The largest absolute Gasteiger partial charge is 0.353 e. The number of piperidine rings is 1. The van der Waals surface area contributed by atoms with E-state index in [1.807, 2.05) is 0 Å². The van der Waals surface area contributed by atoms with Crippen LogP contribution >= 0.6 is 0 Å². The number of carbonyl (C=O) groups excluding carboxylic acids is 1. The van der Waals surface area contributed by atoms with Crippen molar-refractivity contribution in [2.75, 3.05) is 26.2 Å². The molecule has 2 aliphatic rings. The number of hydrogen-bond donors (Lipinski definition) is 2. The third-order valence-electron chi connectivity index (χ3n) is 4.41. The first kappa shape index (κ1) is 14.8. The van der Waals surface area contributed by atoms with Crippen LogP contribution in [0.1, 0.15) is 46.0 Å². The van der Waals surface area contributed by atoms with Crippen LogP contribution in [0.2, 0.25) is 0 Å². The molecule has 0 radical (unpaired) electrons. The number of amides is 1. The summed E-state index contributed by atoms with van der Waals surface area (Å²) in [5, 5.41) is 6.67. The monoisotopic (exact) mass is 267 g/mol. The predicted molar refractivity (Wildman–Crippen MR) is 78.1 cm³/mol. The molecule has 110 valence electrons. The Bertz CT molecular complexity index is 291. The molecule has 2 rings (SSSR count). The lowest BCUT2D eigenvalue weighted by Gasteiger charge is -2.38. The van der Waals surface area contributed by atoms with Crippen LogP contribution in [0.4, 0.5) is 0 Å². The van der Waals surface area contributed by atoms with Crippen LogP contribution in [0.15, 0.2) is 0 Å². The summed E-state index contributed by atoms with van der Waals surface area (Å²) in [5.74, 6) is 0.976. The van der Waals surface area contributed by atoms with Gasteiger partial charge in [-0.3, -0.25) is 4.79 Å². The summed E-state index contributed by atoms with van der Waals surface area (Å²) < 4.78 is 0. The van der Waals surface area contributed by atoms with Crippen molar-refractivity contribution in [1.29, 1.82) is 0 Å². The van der Waals surface area contributed by atoms with Gasteiger partial charge in [-0.15, -0.1) is 0 Å². The van der Waals surface area contributed by atoms with Crippen molar-refractivity contribution in [3.8, 4) is 0 Å². The summed E-state index contributed by atoms with van der Waals surface area (Å²) in [6, 6.07) is 1.17. The van der Waals surface area contributed by atoms with Crippen molar-refractivity contribution >= 4 is 5.91 Å². The molecule has 0 aromatic heterocycles. The fourth-order valence-electron chi connectivity index (χ4n) is 3.04. The highest BCUT2D eigenvalue weighted by Gasteiger charge is 2.28. The van der Waals surface area contributed by atoms with E-state index in [2.05, 4.69) is 29.4 Å². The smallest absolute Gasteiger partial charge is 0.221 e. The fraction of sp³-hybridized carbons (Fsp3) is 0.933. The number of rotatable bonds is 7. The predicted octanol–water partition coefficient (Wildman–Crippen LogP) is 1.37. The molecule has 1 saturated carbocycles. The van der Waals surface area contributed by atoms with Crippen molar-refractivity contribution in [3.05, 3.63) is 0 Å². The van der Waals surface area contributed by atoms with Gasteiger partial charge in [-0.2, -0.15) is 0 Å². The van der Waals surface area contributed by atoms with Gasteiger partial charge in [0.1, 0.15) is 0 Å². The highest BCUT2D eigenvalue weighted by atomic mass is 16.1. The Hall–Kier alpha value is -0.610. The van der Waals surface area contributed by atoms with Gasteiger partial charge >= 0.3 is 0 Å². The van der Waals surface area contributed by atoms with E-state index in [9.17, 15) is 4.79 Å². The quantitative estimate of drug-likeness (QED) is 0.732. The zero-order valence-corrected chi connectivity index (χ0v) is 12.5. The normalized spacial score (nSPS) is 28.3. The summed E-state index contributed by atoms with van der Waals surface area (Å²) in [5.41, 5.74) is 0. The molecule has 19 heavy (non-hydrogen) atoms. The molecule has 4 heteroatoms. The van der Waals surface area contributed by atoms with E-state index in [4.69, 9.17) is 0 Å². The maximum atomic E-state index is 11.7. The second-order valence-electron chi connectivity index (χ2n) is 6.01. The molecule has 0 aromatic rings. The first-order valence-electron chi connectivity index (χ1n) is 7.98. The van der Waals surface area contributed by atoms with Crippen molar-refractivity contribution in [1.82, 2.24) is 15.5 Å². The van der Waals surface area contributed by atoms with Gasteiger partial charge in [-0.1, -0.05) is 20.3 Å². The van der Waals surface area contributed by atoms with Gasteiger partial charge in [-0.25, -0.2) is 0 Å². The Morgan fingerprint density at radius 1 is 1.26 bits per heavy atom. The zero-order valence-electron chi connectivity index (χ0n) is 12.5. The minimum atomic E-state index is 0.240. The van der Waals surface area contributed by atoms with Crippen LogP contribution in [-0.2, 0) is 4.79 Å². The molecule has 1 aliphatic carbocycles. The molecular formula is C15H29N3O. The van der Waals surface area contributed by atoms with Gasteiger partial charge < -0.3 is 15.5 Å². The van der Waals surface area contributed by atoms with Crippen LogP contribution < -0.4 is 10.6 Å². The minimum absolute atomic E-state index is 0.240. The van der Waals surface area contributed by atoms with E-state index in [-0.39, 0.29) is 5.91 Å². The topological polar surface area (TPSA) is 44.4 Å². The van der Waals surface area contributed by atoms with Gasteiger partial charge in [0.15, 0.2) is 0 Å². The number of carbonyl (C=O) groups is 1. The second-order valence-corrected chi connectivity index (χ2v) is 6.01. The van der Waals surface area contributed by atoms with Crippen molar-refractivity contribution in [3.63, 3.8) is 0 Å². The van der Waals surface area contributed by atoms with E-state index in [0.717, 1.165) is 32.1 Å². The minimum Gasteiger partial charge on any atom is -0.353 e. The van der Waals surface area contributed by atoms with E-state index in [1.165, 1.54) is 25.7 Å². The average molecular weight is 267 g/mol. The lowest BCUT2D eigenvalue weighted by atomic mass is 9.90. The van der Waals surface area contributed by atoms with Crippen LogP contribution in [-0.4, -0.2) is 49.1 Å². The molecule has 2 unspecified atom stereocenters. The lowest BCUT2D eigenvalue weighted by molar-refractivity contribution is -0.121. The molecule has 2 N–H and O–H groups in total. The Kier molecular flexibility index (Phi) is 5.64. The summed E-state index contributed by atoms with van der Waals surface area (Å²) in [4.78, 5) is 14.2. The molecular weight excluding hydrogens is 238 g/mol. The molecule has 1 aliphatic heterocycles. The Balaban J connectivity index is 1.68. The van der Waals surface area contributed by atoms with E-state index < -0.39 is 0 Å². The molecule has 0 spiro atoms. The molecule has 2 atom stereocenters. The van der Waals surface area contributed by atoms with Gasteiger partial charge in [0.05, 0.1) is 0 Å². The van der Waals surface area contributed by atoms with Crippen LogP contribution in [0.5, 0.6) is 0 Å². The van der Waals surface area contributed by atoms with Gasteiger partial charge in [-0.05, 0) is 38.3 Å². The van der Waals surface area contributed by atoms with Crippen LogP contribution in [0.25, 0.3) is 0 Å². The highest BCUT2D eigenvalue weighted by molar-refractivity contribution is 5.76. The van der Waals surface area contributed by atoms with Gasteiger partial charge in [0, 0.05) is 31.6 Å². The SMILES string of the molecule is CCNC1CCN(CCC(=O)NC2CC2)CC1CC. The second kappa shape index (κ2) is 7.25. The standard InChI is InChI=1S/C15H29N3O/c1-3-12-11-18(9-7-14(12)16-4-2)10-8-15(19)17-13-5-6-13/h12-14,16H,3-11H2,1-2H3,(H,17,19). The summed E-state index contributed by atoms with van der Waals surface area (Å²) in [6.07, 6.45) is 5.47. The molecule has 0 aromatic carbocycles. The maximum Gasteiger partial charge on any atom is 0.221 e. The van der Waals surface area contributed by atoms with Gasteiger partial charge in [0.25, 0.3) is 0 Å². The van der Waals surface area contributed by atoms with E-state index in [1.54, 1.807) is 0 Å². The summed E-state index contributed by atoms with van der Waals surface area (Å²) in [6.45, 7) is 8.72. The summed E-state index contributed by atoms with van der Waals surface area (Å²) >= 11 is 0. The van der Waals surface area contributed by atoms with Gasteiger partial charge in [0.2, 0.25) is 5.91 Å². The first-order chi connectivity index (χ1) is 9.22. The zero-order chi connectivity index (χ0) is 13.7. The van der Waals surface area contributed by atoms with Crippen LogP contribution in [0.3, 0.4) is 0 Å². The Morgan fingerprint density at radius 3 is 2.68 bits per heavy atom. The van der Waals surface area contributed by atoms with E-state index >= 15 is 0 Å². The maximum absolute atomic E-state index is 11.7. The lowest BCUT2D eigenvalue weighted by Crippen LogP contribution is -2.49. The van der Waals surface area contributed by atoms with E-state index in [0.29, 0.717) is 18.5 Å². The Labute approximate surface area is 117 Å².